The number of aromatic nitrogens is 3. The van der Waals surface area contributed by atoms with Crippen molar-refractivity contribution < 1.29 is 8.42 Å². The van der Waals surface area contributed by atoms with Gasteiger partial charge >= 0.3 is 0 Å². The van der Waals surface area contributed by atoms with Crippen molar-refractivity contribution in [3.05, 3.63) is 71.4 Å². The van der Waals surface area contributed by atoms with Crippen molar-refractivity contribution in [1.82, 2.24) is 14.3 Å². The number of nitrogens with one attached hydrogen (secondary N) is 1. The molecule has 0 bridgehead atoms. The lowest BCUT2D eigenvalue weighted by atomic mass is 9.97. The molecule has 0 amide bonds. The average molecular weight is 408 g/mol. The molecular weight excluding hydrogens is 388 g/mol. The summed E-state index contributed by atoms with van der Waals surface area (Å²) in [6.45, 7) is 0. The summed E-state index contributed by atoms with van der Waals surface area (Å²) >= 11 is 0. The molecule has 0 aliphatic rings. The normalized spacial score (nSPS) is 11.7. The van der Waals surface area contributed by atoms with Gasteiger partial charge in [0.1, 0.15) is 0 Å². The van der Waals surface area contributed by atoms with Crippen LogP contribution >= 0.6 is 0 Å². The molecule has 0 aliphatic heterocycles. The summed E-state index contributed by atoms with van der Waals surface area (Å²) in [5.41, 5.74) is 3.92. The third kappa shape index (κ3) is 3.79. The van der Waals surface area contributed by atoms with E-state index in [1.807, 2.05) is 37.5 Å². The highest BCUT2D eigenvalue weighted by molar-refractivity contribution is 7.92. The van der Waals surface area contributed by atoms with E-state index in [4.69, 9.17) is 0 Å². The highest BCUT2D eigenvalue weighted by Crippen LogP contribution is 2.31. The molecule has 0 saturated carbocycles. The highest BCUT2D eigenvalue weighted by atomic mass is 32.2. The number of aryl methyl sites for hydroxylation is 2. The third-order valence-corrected chi connectivity index (χ3v) is 5.30. The predicted octanol–water partition coefficient (Wildman–Crippen LogP) is 2.98. The van der Waals surface area contributed by atoms with Crippen molar-refractivity contribution in [2.45, 2.75) is 0 Å². The molecular formula is C21H20N4O3S. The lowest BCUT2D eigenvalue weighted by Gasteiger charge is -2.12. The Morgan fingerprint density at radius 3 is 2.41 bits per heavy atom. The van der Waals surface area contributed by atoms with E-state index >= 15 is 0 Å². The average Bonchev–Trinajstić information content (AvgIpc) is 3.09. The summed E-state index contributed by atoms with van der Waals surface area (Å²) in [4.78, 5) is 12.7. The second-order valence-electron chi connectivity index (χ2n) is 7.08. The SMILES string of the molecule is Cn1cc(-c2ccc3c(=O)n(C)cc(-c4cccc(NS(C)(=O)=O)c4)c3c2)cn1. The van der Waals surface area contributed by atoms with Crippen molar-refractivity contribution in [3.8, 4) is 22.3 Å². The van der Waals surface area contributed by atoms with Crippen LogP contribution in [-0.2, 0) is 24.1 Å². The molecule has 4 rings (SSSR count). The van der Waals surface area contributed by atoms with Crippen molar-refractivity contribution in [2.24, 2.45) is 14.1 Å². The van der Waals surface area contributed by atoms with E-state index in [0.717, 1.165) is 33.9 Å². The number of anilines is 1. The highest BCUT2D eigenvalue weighted by Gasteiger charge is 2.12. The summed E-state index contributed by atoms with van der Waals surface area (Å²) in [6, 6.07) is 12.8. The zero-order chi connectivity index (χ0) is 20.8. The molecule has 0 atom stereocenters. The Balaban J connectivity index is 1.95. The minimum atomic E-state index is -3.39. The summed E-state index contributed by atoms with van der Waals surface area (Å²) in [5.74, 6) is 0. The molecule has 4 aromatic rings. The molecule has 0 unspecified atom stereocenters. The maximum Gasteiger partial charge on any atom is 0.258 e. The number of hydrogen-bond donors (Lipinski definition) is 1. The Labute approximate surface area is 168 Å². The predicted molar refractivity (Wildman–Crippen MR) is 115 cm³/mol. The van der Waals surface area contributed by atoms with Gasteiger partial charge in [-0.15, -0.1) is 0 Å². The standard InChI is InChI=1S/C21H20N4O3S/c1-24-13-20(15-5-4-6-17(9-15)23-29(3,27)28)19-10-14(7-8-18(19)21(24)26)16-11-22-25(2)12-16/h4-13,23H,1-3H3. The van der Waals surface area contributed by atoms with Crippen LogP contribution in [0, 0.1) is 0 Å². The summed E-state index contributed by atoms with van der Waals surface area (Å²) in [7, 11) is 0.172. The number of fused-ring (bicyclic) bond motifs is 1. The maximum atomic E-state index is 12.7. The lowest BCUT2D eigenvalue weighted by Crippen LogP contribution is -2.16. The molecule has 148 valence electrons. The van der Waals surface area contributed by atoms with Crippen LogP contribution in [0.15, 0.2) is 65.8 Å². The van der Waals surface area contributed by atoms with Crippen LogP contribution in [0.4, 0.5) is 5.69 Å². The van der Waals surface area contributed by atoms with Gasteiger partial charge in [-0.05, 0) is 40.8 Å². The summed E-state index contributed by atoms with van der Waals surface area (Å²) in [6.07, 6.45) is 6.58. The van der Waals surface area contributed by atoms with Gasteiger partial charge in [-0.2, -0.15) is 5.10 Å². The van der Waals surface area contributed by atoms with Crippen LogP contribution in [0.1, 0.15) is 0 Å². The number of pyridine rings is 1. The van der Waals surface area contributed by atoms with E-state index in [1.54, 1.807) is 42.3 Å². The summed E-state index contributed by atoms with van der Waals surface area (Å²) < 4.78 is 29.0. The van der Waals surface area contributed by atoms with Crippen molar-refractivity contribution in [3.63, 3.8) is 0 Å². The molecule has 2 aromatic carbocycles. The maximum absolute atomic E-state index is 12.7. The fourth-order valence-corrected chi connectivity index (χ4v) is 3.96. The first kappa shape index (κ1) is 18.9. The zero-order valence-corrected chi connectivity index (χ0v) is 17.1. The van der Waals surface area contributed by atoms with Crippen LogP contribution in [-0.4, -0.2) is 29.0 Å². The first-order valence-electron chi connectivity index (χ1n) is 8.92. The smallest absolute Gasteiger partial charge is 0.258 e. The zero-order valence-electron chi connectivity index (χ0n) is 16.2. The minimum Gasteiger partial charge on any atom is -0.317 e. The fourth-order valence-electron chi connectivity index (χ4n) is 3.41. The first-order valence-corrected chi connectivity index (χ1v) is 10.8. The molecule has 0 radical (unpaired) electrons. The van der Waals surface area contributed by atoms with Gasteiger partial charge in [0.05, 0.1) is 12.5 Å². The van der Waals surface area contributed by atoms with E-state index in [0.29, 0.717) is 11.1 Å². The number of nitrogens with zero attached hydrogens (tertiary/aromatic N) is 3. The van der Waals surface area contributed by atoms with E-state index in [1.165, 1.54) is 4.57 Å². The van der Waals surface area contributed by atoms with Gasteiger partial charge in [-0.3, -0.25) is 14.2 Å². The Morgan fingerprint density at radius 1 is 0.931 bits per heavy atom. The molecule has 29 heavy (non-hydrogen) atoms. The topological polar surface area (TPSA) is 86.0 Å². The molecule has 7 nitrogen and oxygen atoms in total. The van der Waals surface area contributed by atoms with Crippen LogP contribution in [0.2, 0.25) is 0 Å². The lowest BCUT2D eigenvalue weighted by molar-refractivity contribution is 0.607. The van der Waals surface area contributed by atoms with E-state index in [9.17, 15) is 13.2 Å². The molecule has 0 spiro atoms. The van der Waals surface area contributed by atoms with Gasteiger partial charge in [-0.25, -0.2) is 8.42 Å². The quantitative estimate of drug-likeness (QED) is 0.562. The summed E-state index contributed by atoms with van der Waals surface area (Å²) in [5, 5.41) is 5.61. The third-order valence-electron chi connectivity index (χ3n) is 4.70. The van der Waals surface area contributed by atoms with Gasteiger partial charge < -0.3 is 4.57 Å². The van der Waals surface area contributed by atoms with Crippen LogP contribution < -0.4 is 10.3 Å². The number of hydrogen-bond acceptors (Lipinski definition) is 4. The Morgan fingerprint density at radius 2 is 1.72 bits per heavy atom. The number of rotatable bonds is 4. The molecule has 2 aromatic heterocycles. The Bertz CT molecular complexity index is 1400. The monoisotopic (exact) mass is 408 g/mol. The second kappa shape index (κ2) is 6.89. The van der Waals surface area contributed by atoms with E-state index in [2.05, 4.69) is 9.82 Å². The van der Waals surface area contributed by atoms with E-state index < -0.39 is 10.0 Å². The molecule has 1 N–H and O–H groups in total. The molecule has 0 aliphatic carbocycles. The van der Waals surface area contributed by atoms with Crippen LogP contribution in [0.3, 0.4) is 0 Å². The Kier molecular flexibility index (Phi) is 4.50. The van der Waals surface area contributed by atoms with Crippen molar-refractivity contribution in [1.29, 1.82) is 0 Å². The molecule has 2 heterocycles. The van der Waals surface area contributed by atoms with Crippen molar-refractivity contribution in [2.75, 3.05) is 11.0 Å². The van der Waals surface area contributed by atoms with Crippen LogP contribution in [0.25, 0.3) is 33.0 Å². The van der Waals surface area contributed by atoms with Crippen LogP contribution in [0.5, 0.6) is 0 Å². The van der Waals surface area contributed by atoms with Crippen molar-refractivity contribution >= 4 is 26.5 Å². The fraction of sp³-hybridized carbons (Fsp3) is 0.143. The van der Waals surface area contributed by atoms with Gasteiger partial charge in [0.2, 0.25) is 10.0 Å². The molecule has 8 heteroatoms. The van der Waals surface area contributed by atoms with Gasteiger partial charge in [-0.1, -0.05) is 18.2 Å². The Hall–Kier alpha value is -3.39. The molecule has 0 fully saturated rings. The minimum absolute atomic E-state index is 0.0908. The first-order chi connectivity index (χ1) is 13.7. The van der Waals surface area contributed by atoms with Gasteiger partial charge in [0, 0.05) is 48.7 Å². The number of benzene rings is 2. The van der Waals surface area contributed by atoms with Gasteiger partial charge in [0.25, 0.3) is 5.56 Å². The number of sulfonamides is 1. The van der Waals surface area contributed by atoms with Gasteiger partial charge in [0.15, 0.2) is 0 Å². The second-order valence-corrected chi connectivity index (χ2v) is 8.83. The van der Waals surface area contributed by atoms with E-state index in [-0.39, 0.29) is 5.56 Å². The molecule has 0 saturated heterocycles. The largest absolute Gasteiger partial charge is 0.317 e.